The van der Waals surface area contributed by atoms with E-state index in [-0.39, 0.29) is 10.8 Å². The van der Waals surface area contributed by atoms with Crippen molar-refractivity contribution >= 4 is 63.8 Å². The van der Waals surface area contributed by atoms with E-state index in [1.54, 1.807) is 0 Å². The molecule has 0 saturated heterocycles. The minimum Gasteiger partial charge on any atom is -0.135 e. The predicted molar refractivity (Wildman–Crippen MR) is 212 cm³/mol. The zero-order valence-corrected chi connectivity index (χ0v) is 28.9. The Morgan fingerprint density at radius 1 is 0.347 bits per heavy atom. The summed E-state index contributed by atoms with van der Waals surface area (Å²) in [6, 6.07) is 51.1. The van der Waals surface area contributed by atoms with Gasteiger partial charge in [-0.05, 0) is 124 Å². The Morgan fingerprint density at radius 3 is 1.51 bits per heavy atom. The topological polar surface area (TPSA) is 0 Å². The van der Waals surface area contributed by atoms with Crippen LogP contribution in [0.4, 0.5) is 0 Å². The van der Waals surface area contributed by atoms with Gasteiger partial charge in [0, 0.05) is 31.0 Å². The fraction of sp³-hybridized carbons (Fsp3) is 0.125. The standard InChI is InChI=1S/C48H34S/c1-47(2)39-20-16-28(27-15-19-31-33-10-7-12-41-45(33)46-34(35(31)23-27)11-8-13-42(46)48(41,3)4)24-36(39)37-25-29(17-21-40(37)47)30-18-22-44-38(26-30)32-9-5-6-14-43(32)49-44/h5-26H,1-4H3. The molecule has 11 rings (SSSR count). The van der Waals surface area contributed by atoms with Crippen LogP contribution in [0.3, 0.4) is 0 Å². The van der Waals surface area contributed by atoms with Crippen LogP contribution in [0.5, 0.6) is 0 Å². The first-order chi connectivity index (χ1) is 23.8. The molecule has 0 nitrogen and oxygen atoms in total. The Kier molecular flexibility index (Phi) is 5.23. The average molecular weight is 643 g/mol. The number of hydrogen-bond acceptors (Lipinski definition) is 1. The van der Waals surface area contributed by atoms with Crippen molar-refractivity contribution in [1.29, 1.82) is 0 Å². The molecule has 1 aromatic heterocycles. The van der Waals surface area contributed by atoms with Gasteiger partial charge in [0.15, 0.2) is 0 Å². The SMILES string of the molecule is CC1(C)c2ccc(-c3ccc4sc5ccccc5c4c3)cc2-c2cc(-c3ccc4c(c3)c3cccc5c3c3c(cccc43)C5(C)C)ccc21. The van der Waals surface area contributed by atoms with Crippen molar-refractivity contribution in [3.05, 3.63) is 156 Å². The number of fused-ring (bicyclic) bond motifs is 9. The van der Waals surface area contributed by atoms with E-state index in [9.17, 15) is 0 Å². The van der Waals surface area contributed by atoms with Crippen LogP contribution < -0.4 is 0 Å². The van der Waals surface area contributed by atoms with Gasteiger partial charge in [-0.2, -0.15) is 0 Å². The van der Waals surface area contributed by atoms with Crippen molar-refractivity contribution in [2.24, 2.45) is 0 Å². The van der Waals surface area contributed by atoms with Gasteiger partial charge in [-0.15, -0.1) is 11.3 Å². The lowest BCUT2D eigenvalue weighted by Crippen LogP contribution is -2.14. The molecule has 0 fully saturated rings. The Labute approximate surface area is 290 Å². The Hall–Kier alpha value is -5.24. The monoisotopic (exact) mass is 642 g/mol. The number of thiophene rings is 1. The molecule has 1 heterocycles. The highest BCUT2D eigenvalue weighted by molar-refractivity contribution is 7.25. The summed E-state index contributed by atoms with van der Waals surface area (Å²) in [6.07, 6.45) is 0. The first-order valence-corrected chi connectivity index (χ1v) is 18.2. The number of hydrogen-bond donors (Lipinski definition) is 0. The van der Waals surface area contributed by atoms with Crippen molar-refractivity contribution in [3.63, 3.8) is 0 Å². The van der Waals surface area contributed by atoms with E-state index >= 15 is 0 Å². The summed E-state index contributed by atoms with van der Waals surface area (Å²) >= 11 is 1.88. The molecule has 2 aliphatic carbocycles. The maximum Gasteiger partial charge on any atom is 0.0355 e. The quantitative estimate of drug-likeness (QED) is 0.165. The van der Waals surface area contributed by atoms with E-state index in [1.807, 2.05) is 11.3 Å². The van der Waals surface area contributed by atoms with Crippen LogP contribution >= 0.6 is 11.3 Å². The van der Waals surface area contributed by atoms with Crippen molar-refractivity contribution in [1.82, 2.24) is 0 Å². The highest BCUT2D eigenvalue weighted by Crippen LogP contribution is 2.53. The summed E-state index contributed by atoms with van der Waals surface area (Å²) < 4.78 is 2.70. The highest BCUT2D eigenvalue weighted by atomic mass is 32.1. The van der Waals surface area contributed by atoms with Crippen LogP contribution in [0.1, 0.15) is 49.9 Å². The summed E-state index contributed by atoms with van der Waals surface area (Å²) in [4.78, 5) is 0. The summed E-state index contributed by atoms with van der Waals surface area (Å²) in [7, 11) is 0. The van der Waals surface area contributed by atoms with Crippen molar-refractivity contribution in [2.75, 3.05) is 0 Å². The number of benzene rings is 8. The van der Waals surface area contributed by atoms with E-state index in [0.717, 1.165) is 0 Å². The van der Waals surface area contributed by atoms with E-state index in [2.05, 4.69) is 161 Å². The van der Waals surface area contributed by atoms with E-state index < -0.39 is 0 Å². The van der Waals surface area contributed by atoms with Gasteiger partial charge >= 0.3 is 0 Å². The zero-order chi connectivity index (χ0) is 32.8. The third-order valence-corrected chi connectivity index (χ3v) is 13.2. The molecule has 0 N–H and O–H groups in total. The Bertz CT molecular complexity index is 2930. The van der Waals surface area contributed by atoms with Crippen LogP contribution in [0.25, 0.3) is 85.9 Å². The summed E-state index contributed by atoms with van der Waals surface area (Å²) in [5.41, 5.74) is 13.5. The van der Waals surface area contributed by atoms with Gasteiger partial charge < -0.3 is 0 Å². The fourth-order valence-corrected chi connectivity index (χ4v) is 10.6. The third kappa shape index (κ3) is 3.54. The maximum atomic E-state index is 2.46. The predicted octanol–water partition coefficient (Wildman–Crippen LogP) is 13.8. The van der Waals surface area contributed by atoms with Gasteiger partial charge in [0.2, 0.25) is 0 Å². The molecule has 0 saturated carbocycles. The molecule has 0 amide bonds. The van der Waals surface area contributed by atoms with Crippen molar-refractivity contribution in [2.45, 2.75) is 38.5 Å². The van der Waals surface area contributed by atoms with E-state index in [1.165, 1.54) is 108 Å². The minimum absolute atomic E-state index is 0.00381. The molecular formula is C48H34S. The molecule has 0 radical (unpaired) electrons. The van der Waals surface area contributed by atoms with Crippen LogP contribution in [-0.4, -0.2) is 0 Å². The van der Waals surface area contributed by atoms with Crippen LogP contribution in [-0.2, 0) is 10.8 Å². The zero-order valence-electron chi connectivity index (χ0n) is 28.1. The molecular weight excluding hydrogens is 609 g/mol. The molecule has 0 unspecified atom stereocenters. The molecule has 2 aliphatic rings. The van der Waals surface area contributed by atoms with Gasteiger partial charge in [-0.3, -0.25) is 0 Å². The van der Waals surface area contributed by atoms with Gasteiger partial charge in [-0.1, -0.05) is 125 Å². The summed E-state index contributed by atoms with van der Waals surface area (Å²) in [5.74, 6) is 0. The fourth-order valence-electron chi connectivity index (χ4n) is 9.49. The lowest BCUT2D eigenvalue weighted by atomic mass is 9.82. The number of rotatable bonds is 2. The van der Waals surface area contributed by atoms with Gasteiger partial charge in [0.25, 0.3) is 0 Å². The molecule has 232 valence electrons. The minimum atomic E-state index is -0.0517. The maximum absolute atomic E-state index is 2.46. The molecule has 1 heteroatoms. The molecule has 0 atom stereocenters. The largest absolute Gasteiger partial charge is 0.135 e. The van der Waals surface area contributed by atoms with Crippen LogP contribution in [0, 0.1) is 0 Å². The van der Waals surface area contributed by atoms with Gasteiger partial charge in [-0.25, -0.2) is 0 Å². The molecule has 8 aromatic carbocycles. The molecule has 0 aliphatic heterocycles. The smallest absolute Gasteiger partial charge is 0.0355 e. The third-order valence-electron chi connectivity index (χ3n) is 12.0. The average Bonchev–Trinajstić information content (AvgIpc) is 3.70. The first kappa shape index (κ1) is 27.7. The molecule has 9 aromatic rings. The van der Waals surface area contributed by atoms with Gasteiger partial charge in [0.1, 0.15) is 0 Å². The molecule has 0 spiro atoms. The molecule has 0 bridgehead atoms. The summed E-state index contributed by atoms with van der Waals surface area (Å²) in [6.45, 7) is 9.51. The molecule has 49 heavy (non-hydrogen) atoms. The second-order valence-corrected chi connectivity index (χ2v) is 16.4. The second kappa shape index (κ2) is 9.26. The summed E-state index contributed by atoms with van der Waals surface area (Å²) in [5, 5.41) is 11.0. The second-order valence-electron chi connectivity index (χ2n) is 15.3. The van der Waals surface area contributed by atoms with E-state index in [0.29, 0.717) is 0 Å². The van der Waals surface area contributed by atoms with Gasteiger partial charge in [0.05, 0.1) is 0 Å². The Balaban J connectivity index is 1.08. The lowest BCUT2D eigenvalue weighted by Gasteiger charge is -2.21. The van der Waals surface area contributed by atoms with Crippen LogP contribution in [0.15, 0.2) is 133 Å². The van der Waals surface area contributed by atoms with Crippen molar-refractivity contribution in [3.8, 4) is 33.4 Å². The first-order valence-electron chi connectivity index (χ1n) is 17.4. The lowest BCUT2D eigenvalue weighted by molar-refractivity contribution is 0.660. The van der Waals surface area contributed by atoms with E-state index in [4.69, 9.17) is 0 Å². The normalized spacial score (nSPS) is 15.3. The Morgan fingerprint density at radius 2 is 0.837 bits per heavy atom. The highest BCUT2D eigenvalue weighted by Gasteiger charge is 2.36. The van der Waals surface area contributed by atoms with Crippen LogP contribution in [0.2, 0.25) is 0 Å². The van der Waals surface area contributed by atoms with Crippen molar-refractivity contribution < 1.29 is 0 Å².